The summed E-state index contributed by atoms with van der Waals surface area (Å²) in [5, 5.41) is 22.2. The molecule has 4 aromatic carbocycles. The molecule has 2 nitrogen and oxygen atoms in total. The predicted octanol–water partition coefficient (Wildman–Crippen LogP) is 8.90. The van der Waals surface area contributed by atoms with Crippen LogP contribution in [0.1, 0.15) is 62.9 Å². The number of hydrogen-bond acceptors (Lipinski definition) is 2. The summed E-state index contributed by atoms with van der Waals surface area (Å²) in [5.41, 5.74) is 11.9. The fourth-order valence-corrected chi connectivity index (χ4v) is 22.4. The molecule has 2 atom stereocenters. The van der Waals surface area contributed by atoms with Crippen LogP contribution in [0.15, 0.2) is 84.9 Å². The molecule has 0 N–H and O–H groups in total. The third-order valence-corrected chi connectivity index (χ3v) is 21.5. The minimum absolute atomic E-state index is 0.172. The Morgan fingerprint density at radius 2 is 0.878 bits per heavy atom. The van der Waals surface area contributed by atoms with Gasteiger partial charge in [-0.05, 0) is 41.5 Å². The molecule has 1 heterocycles. The zero-order valence-corrected chi connectivity index (χ0v) is 27.6. The Balaban J connectivity index is 0.000000142. The number of benzene rings is 4. The van der Waals surface area contributed by atoms with Gasteiger partial charge in [0.1, 0.15) is 0 Å². The standard InChI is InChI=1S/2C9H12O.2C9H7.C2H4.Zr/c2*1-6-4-7(2)9(10)8(3)5-6;2*1-2-5-9-7-3-6-8(9)4-1;1-2;/h2*4-5,10H,1-3H3;2*1-7H;1-2H2;/q;;;;;+2/p-2. The Morgan fingerprint density at radius 3 is 1.22 bits per heavy atom. The van der Waals surface area contributed by atoms with Gasteiger partial charge in [0.25, 0.3) is 0 Å². The van der Waals surface area contributed by atoms with E-state index in [0.717, 1.165) is 40.6 Å². The van der Waals surface area contributed by atoms with Crippen molar-refractivity contribution in [3.05, 3.63) is 141 Å². The van der Waals surface area contributed by atoms with Gasteiger partial charge >= 0.3 is 131 Å². The van der Waals surface area contributed by atoms with Gasteiger partial charge in [0.2, 0.25) is 0 Å². The van der Waals surface area contributed by atoms with E-state index < -0.39 is 20.3 Å². The van der Waals surface area contributed by atoms with E-state index in [1.54, 1.807) is 19.4 Å². The summed E-state index contributed by atoms with van der Waals surface area (Å²) in [6.07, 6.45) is 9.84. The first-order valence-corrected chi connectivity index (χ1v) is 21.0. The molecule has 0 saturated carbocycles. The van der Waals surface area contributed by atoms with Crippen molar-refractivity contribution in [3.63, 3.8) is 0 Å². The number of rotatable bonds is 2. The van der Waals surface area contributed by atoms with E-state index in [-0.39, 0.29) is 11.5 Å². The van der Waals surface area contributed by atoms with E-state index in [1.807, 2.05) is 65.8 Å². The Bertz CT molecular complexity index is 1480. The van der Waals surface area contributed by atoms with Gasteiger partial charge in [0, 0.05) is 0 Å². The van der Waals surface area contributed by atoms with E-state index in [1.165, 1.54) is 11.1 Å². The minimum atomic E-state index is -2.13. The zero-order valence-electron chi connectivity index (χ0n) is 25.1. The third kappa shape index (κ3) is 6.07. The topological polar surface area (TPSA) is 46.1 Å². The van der Waals surface area contributed by atoms with Crippen molar-refractivity contribution in [2.45, 2.75) is 57.1 Å². The van der Waals surface area contributed by atoms with Crippen molar-refractivity contribution in [1.29, 1.82) is 0 Å². The average Bonchev–Trinajstić information content (AvgIpc) is 3.42. The number of allylic oxidation sites excluding steroid dienone is 2. The Morgan fingerprint density at radius 1 is 0.537 bits per heavy atom. The summed E-state index contributed by atoms with van der Waals surface area (Å²) in [7, 11) is 0. The Hall–Kier alpha value is -3.16. The summed E-state index contributed by atoms with van der Waals surface area (Å²) in [5.74, 6) is 0.344. The molecule has 3 aliphatic rings. The normalized spacial score (nSPS) is 17.7. The molecule has 2 aliphatic carbocycles. The molecular formula is C38H40O2Zr. The fraction of sp³-hybridized carbons (Fsp3) is 0.263. The first kappa shape index (κ1) is 29.3. The van der Waals surface area contributed by atoms with Crippen molar-refractivity contribution in [3.8, 4) is 11.5 Å². The SMILES string of the molecule is C1=C[CH]([Zr+2]2([CH]3C=Cc4ccccc43)[CH2][CH2]2)c2ccccc21.Cc1cc(C)c([O-])c(C)c1.Cc1cc(C)c([O-])c(C)c1. The molecule has 1 aliphatic heterocycles. The summed E-state index contributed by atoms with van der Waals surface area (Å²) < 4.78 is 4.72. The van der Waals surface area contributed by atoms with Gasteiger partial charge in [0.15, 0.2) is 0 Å². The second kappa shape index (κ2) is 12.0. The van der Waals surface area contributed by atoms with Crippen molar-refractivity contribution < 1.29 is 30.5 Å². The van der Waals surface area contributed by atoms with Crippen molar-refractivity contribution in [2.24, 2.45) is 0 Å². The van der Waals surface area contributed by atoms with E-state index in [2.05, 4.69) is 72.8 Å². The maximum atomic E-state index is 11.1. The minimum Gasteiger partial charge on any atom is -0.872 e. The van der Waals surface area contributed by atoms with Crippen molar-refractivity contribution >= 4 is 12.2 Å². The number of fused-ring (bicyclic) bond motifs is 2. The zero-order chi connectivity index (χ0) is 29.3. The van der Waals surface area contributed by atoms with Gasteiger partial charge < -0.3 is 10.2 Å². The van der Waals surface area contributed by atoms with Crippen LogP contribution in [-0.4, -0.2) is 0 Å². The molecule has 41 heavy (non-hydrogen) atoms. The van der Waals surface area contributed by atoms with Crippen molar-refractivity contribution in [1.82, 2.24) is 0 Å². The van der Waals surface area contributed by atoms with Gasteiger partial charge in [-0.15, -0.1) is 11.5 Å². The molecule has 0 spiro atoms. The smallest absolute Gasteiger partial charge is 0.0398 e. The monoisotopic (exact) mass is 618 g/mol. The Labute approximate surface area is 250 Å². The number of hydrogen-bond donors (Lipinski definition) is 0. The average molecular weight is 620 g/mol. The van der Waals surface area contributed by atoms with Crippen LogP contribution in [0.5, 0.6) is 11.5 Å². The molecule has 1 fully saturated rings. The summed E-state index contributed by atoms with van der Waals surface area (Å²) in [6.45, 7) is 11.4. The van der Waals surface area contributed by atoms with Gasteiger partial charge in [-0.2, -0.15) is 0 Å². The molecule has 7 rings (SSSR count). The largest absolute Gasteiger partial charge is 0.872 e. The van der Waals surface area contributed by atoms with Crippen LogP contribution in [0.3, 0.4) is 0 Å². The van der Waals surface area contributed by atoms with E-state index in [0.29, 0.717) is 0 Å². The Kier molecular flexibility index (Phi) is 8.58. The van der Waals surface area contributed by atoms with Gasteiger partial charge in [-0.25, -0.2) is 0 Å². The van der Waals surface area contributed by atoms with E-state index in [4.69, 9.17) is 0 Å². The van der Waals surface area contributed by atoms with E-state index >= 15 is 0 Å². The fourth-order valence-electron chi connectivity index (χ4n) is 6.79. The maximum Gasteiger partial charge on any atom is -0.0398 e. The first-order chi connectivity index (χ1) is 19.6. The van der Waals surface area contributed by atoms with Gasteiger partial charge in [-0.3, -0.25) is 0 Å². The van der Waals surface area contributed by atoms with Crippen molar-refractivity contribution in [2.75, 3.05) is 0 Å². The molecule has 2 unspecified atom stereocenters. The quantitative estimate of drug-likeness (QED) is 0.225. The number of aryl methyl sites for hydroxylation is 6. The van der Waals surface area contributed by atoms with Crippen LogP contribution >= 0.6 is 0 Å². The summed E-state index contributed by atoms with van der Waals surface area (Å²) in [4.78, 5) is 0. The first-order valence-electron chi connectivity index (χ1n) is 14.6. The molecule has 0 bridgehead atoms. The van der Waals surface area contributed by atoms with Crippen LogP contribution in [0.2, 0.25) is 8.26 Å². The summed E-state index contributed by atoms with van der Waals surface area (Å²) in [6, 6.07) is 25.8. The molecule has 4 aromatic rings. The van der Waals surface area contributed by atoms with Gasteiger partial charge in [-0.1, -0.05) is 57.6 Å². The molecule has 3 heteroatoms. The predicted molar refractivity (Wildman–Crippen MR) is 166 cm³/mol. The second-order valence-electron chi connectivity index (χ2n) is 12.1. The molecule has 0 amide bonds. The molecule has 1 saturated heterocycles. The third-order valence-electron chi connectivity index (χ3n) is 8.87. The van der Waals surface area contributed by atoms with Crippen LogP contribution in [0, 0.1) is 41.5 Å². The summed E-state index contributed by atoms with van der Waals surface area (Å²) >= 11 is -2.13. The van der Waals surface area contributed by atoms with Crippen LogP contribution in [0.25, 0.3) is 12.2 Å². The van der Waals surface area contributed by atoms with Crippen LogP contribution in [-0.2, 0) is 20.3 Å². The second-order valence-corrected chi connectivity index (χ2v) is 23.7. The molecule has 0 radical (unpaired) electrons. The molecule has 0 aromatic heterocycles. The molecular weight excluding hydrogens is 580 g/mol. The maximum absolute atomic E-state index is 11.1. The van der Waals surface area contributed by atoms with E-state index in [9.17, 15) is 10.2 Å². The van der Waals surface area contributed by atoms with Crippen LogP contribution in [0.4, 0.5) is 0 Å². The van der Waals surface area contributed by atoms with Crippen LogP contribution < -0.4 is 10.2 Å². The molecule has 208 valence electrons. The van der Waals surface area contributed by atoms with Gasteiger partial charge in [0.05, 0.1) is 0 Å².